The van der Waals surface area contributed by atoms with Crippen molar-refractivity contribution in [3.05, 3.63) is 0 Å². The van der Waals surface area contributed by atoms with Crippen LogP contribution in [0.15, 0.2) is 0 Å². The van der Waals surface area contributed by atoms with E-state index < -0.39 is 0 Å². The maximum atomic E-state index is 8.45. The van der Waals surface area contributed by atoms with E-state index in [4.69, 9.17) is 9.84 Å². The molecule has 0 aliphatic rings. The van der Waals surface area contributed by atoms with Crippen LogP contribution in [0.4, 0.5) is 0 Å². The molecule has 0 aliphatic heterocycles. The Morgan fingerprint density at radius 3 is 2.18 bits per heavy atom. The van der Waals surface area contributed by atoms with Gasteiger partial charge in [0.2, 0.25) is 0 Å². The highest BCUT2D eigenvalue weighted by Crippen LogP contribution is 1.95. The Balaban J connectivity index is 2.69. The summed E-state index contributed by atoms with van der Waals surface area (Å²) in [5, 5.41) is 8.45. The first-order valence-electron chi connectivity index (χ1n) is 4.60. The molecule has 0 unspecified atom stereocenters. The monoisotopic (exact) mass is 160 g/mol. The average molecular weight is 160 g/mol. The van der Waals surface area contributed by atoms with Crippen molar-refractivity contribution in [1.82, 2.24) is 0 Å². The van der Waals surface area contributed by atoms with Gasteiger partial charge in [0.1, 0.15) is 0 Å². The largest absolute Gasteiger partial charge is 0.396 e. The van der Waals surface area contributed by atoms with E-state index in [-0.39, 0.29) is 0 Å². The zero-order valence-corrected chi connectivity index (χ0v) is 7.51. The van der Waals surface area contributed by atoms with Gasteiger partial charge in [-0.3, -0.25) is 0 Å². The third-order valence-electron chi connectivity index (χ3n) is 1.59. The minimum Gasteiger partial charge on any atom is -0.396 e. The quantitative estimate of drug-likeness (QED) is 0.550. The minimum absolute atomic E-state index is 0.290. The highest BCUT2D eigenvalue weighted by molar-refractivity contribution is 4.38. The Bertz CT molecular complexity index is 56.6. The molecule has 0 radical (unpaired) electrons. The van der Waals surface area contributed by atoms with Gasteiger partial charge in [-0.25, -0.2) is 0 Å². The molecule has 0 amide bonds. The fraction of sp³-hybridized carbons (Fsp3) is 1.00. The zero-order valence-electron chi connectivity index (χ0n) is 7.51. The van der Waals surface area contributed by atoms with Crippen LogP contribution in [0.25, 0.3) is 0 Å². The van der Waals surface area contributed by atoms with Crippen molar-refractivity contribution in [3.63, 3.8) is 0 Å². The second-order valence-corrected chi connectivity index (χ2v) is 2.75. The molecule has 0 aromatic carbocycles. The number of ether oxygens (including phenoxy) is 1. The first-order valence-corrected chi connectivity index (χ1v) is 4.60. The molecule has 0 spiro atoms. The smallest absolute Gasteiger partial charge is 0.0466 e. The second-order valence-electron chi connectivity index (χ2n) is 2.75. The lowest BCUT2D eigenvalue weighted by molar-refractivity contribution is 0.121. The van der Waals surface area contributed by atoms with Gasteiger partial charge >= 0.3 is 0 Å². The van der Waals surface area contributed by atoms with E-state index in [1.807, 2.05) is 0 Å². The summed E-state index contributed by atoms with van der Waals surface area (Å²) < 4.78 is 5.33. The molecule has 0 saturated carbocycles. The van der Waals surface area contributed by atoms with Gasteiger partial charge in [-0.15, -0.1) is 0 Å². The van der Waals surface area contributed by atoms with Gasteiger partial charge in [-0.2, -0.15) is 0 Å². The fourth-order valence-electron chi connectivity index (χ4n) is 0.872. The molecule has 0 saturated heterocycles. The SMILES string of the molecule is CCCCCOCCCCO. The minimum atomic E-state index is 0.290. The molecular formula is C9H20O2. The molecule has 0 aliphatic carbocycles. The summed E-state index contributed by atoms with van der Waals surface area (Å²) in [6.07, 6.45) is 5.55. The van der Waals surface area contributed by atoms with Crippen LogP contribution in [-0.2, 0) is 4.74 Å². The van der Waals surface area contributed by atoms with Crippen LogP contribution in [-0.4, -0.2) is 24.9 Å². The van der Waals surface area contributed by atoms with Crippen LogP contribution < -0.4 is 0 Å². The predicted molar refractivity (Wildman–Crippen MR) is 46.7 cm³/mol. The summed E-state index contributed by atoms with van der Waals surface area (Å²) >= 11 is 0. The fourth-order valence-corrected chi connectivity index (χ4v) is 0.872. The maximum absolute atomic E-state index is 8.45. The molecule has 68 valence electrons. The average Bonchev–Trinajstić information content (AvgIpc) is 2.03. The van der Waals surface area contributed by atoms with E-state index in [2.05, 4.69) is 6.92 Å². The molecule has 2 nitrogen and oxygen atoms in total. The van der Waals surface area contributed by atoms with E-state index in [1.54, 1.807) is 0 Å². The van der Waals surface area contributed by atoms with Crippen molar-refractivity contribution in [2.75, 3.05) is 19.8 Å². The number of unbranched alkanes of at least 4 members (excludes halogenated alkanes) is 3. The number of aliphatic hydroxyl groups excluding tert-OH is 1. The van der Waals surface area contributed by atoms with E-state index in [0.717, 1.165) is 26.1 Å². The summed E-state index contributed by atoms with van der Waals surface area (Å²) in [6, 6.07) is 0. The van der Waals surface area contributed by atoms with Crippen molar-refractivity contribution < 1.29 is 9.84 Å². The van der Waals surface area contributed by atoms with Gasteiger partial charge in [-0.1, -0.05) is 19.8 Å². The van der Waals surface area contributed by atoms with E-state index in [0.29, 0.717) is 6.61 Å². The van der Waals surface area contributed by atoms with Gasteiger partial charge < -0.3 is 9.84 Å². The number of aliphatic hydroxyl groups is 1. The first-order chi connectivity index (χ1) is 5.41. The van der Waals surface area contributed by atoms with Crippen molar-refractivity contribution in [2.24, 2.45) is 0 Å². The number of hydrogen-bond donors (Lipinski definition) is 1. The second kappa shape index (κ2) is 9.92. The summed E-state index contributed by atoms with van der Waals surface area (Å²) in [5.74, 6) is 0. The van der Waals surface area contributed by atoms with Gasteiger partial charge in [0.15, 0.2) is 0 Å². The molecule has 0 bridgehead atoms. The van der Waals surface area contributed by atoms with Crippen LogP contribution in [0.3, 0.4) is 0 Å². The molecule has 0 fully saturated rings. The summed E-state index contributed by atoms with van der Waals surface area (Å²) in [4.78, 5) is 0. The molecular weight excluding hydrogens is 140 g/mol. The molecule has 11 heavy (non-hydrogen) atoms. The van der Waals surface area contributed by atoms with E-state index >= 15 is 0 Å². The highest BCUT2D eigenvalue weighted by Gasteiger charge is 1.88. The van der Waals surface area contributed by atoms with Gasteiger partial charge in [0.05, 0.1) is 0 Å². The summed E-state index contributed by atoms with van der Waals surface area (Å²) in [7, 11) is 0. The number of hydrogen-bond acceptors (Lipinski definition) is 2. The molecule has 0 atom stereocenters. The Morgan fingerprint density at radius 1 is 1.00 bits per heavy atom. The van der Waals surface area contributed by atoms with Gasteiger partial charge in [-0.05, 0) is 19.3 Å². The molecule has 2 heteroatoms. The van der Waals surface area contributed by atoms with Crippen LogP contribution in [0.1, 0.15) is 39.0 Å². The van der Waals surface area contributed by atoms with Crippen LogP contribution in [0.5, 0.6) is 0 Å². The first kappa shape index (κ1) is 10.9. The molecule has 0 rings (SSSR count). The predicted octanol–water partition coefficient (Wildman–Crippen LogP) is 1.97. The van der Waals surface area contributed by atoms with Gasteiger partial charge in [0, 0.05) is 19.8 Å². The molecule has 0 heterocycles. The lowest BCUT2D eigenvalue weighted by Crippen LogP contribution is -1.97. The normalized spacial score (nSPS) is 10.4. The Labute approximate surface area is 69.6 Å². The zero-order chi connectivity index (χ0) is 8.36. The summed E-state index contributed by atoms with van der Waals surface area (Å²) in [5.41, 5.74) is 0. The Morgan fingerprint density at radius 2 is 1.64 bits per heavy atom. The lowest BCUT2D eigenvalue weighted by atomic mass is 10.3. The molecule has 0 aromatic rings. The standard InChI is InChI=1S/C9H20O2/c1-2-3-5-8-11-9-6-4-7-10/h10H,2-9H2,1H3. The Hall–Kier alpha value is -0.0800. The summed E-state index contributed by atoms with van der Waals surface area (Å²) in [6.45, 7) is 4.17. The third kappa shape index (κ3) is 9.92. The maximum Gasteiger partial charge on any atom is 0.0466 e. The number of rotatable bonds is 8. The van der Waals surface area contributed by atoms with Crippen LogP contribution >= 0.6 is 0 Å². The van der Waals surface area contributed by atoms with Crippen molar-refractivity contribution in [2.45, 2.75) is 39.0 Å². The van der Waals surface area contributed by atoms with Crippen LogP contribution in [0, 0.1) is 0 Å². The third-order valence-corrected chi connectivity index (χ3v) is 1.59. The Kier molecular flexibility index (Phi) is 9.85. The van der Waals surface area contributed by atoms with E-state index in [9.17, 15) is 0 Å². The highest BCUT2D eigenvalue weighted by atomic mass is 16.5. The topological polar surface area (TPSA) is 29.5 Å². The molecule has 0 aromatic heterocycles. The van der Waals surface area contributed by atoms with Crippen molar-refractivity contribution >= 4 is 0 Å². The van der Waals surface area contributed by atoms with Gasteiger partial charge in [0.25, 0.3) is 0 Å². The van der Waals surface area contributed by atoms with Crippen LogP contribution in [0.2, 0.25) is 0 Å². The lowest BCUT2D eigenvalue weighted by Gasteiger charge is -2.01. The molecule has 1 N–H and O–H groups in total. The van der Waals surface area contributed by atoms with Crippen molar-refractivity contribution in [3.8, 4) is 0 Å². The van der Waals surface area contributed by atoms with E-state index in [1.165, 1.54) is 19.3 Å². The van der Waals surface area contributed by atoms with Crippen molar-refractivity contribution in [1.29, 1.82) is 0 Å².